The van der Waals surface area contributed by atoms with Gasteiger partial charge in [-0.05, 0) is 43.9 Å². The number of likely N-dealkylation sites (tertiary alicyclic amines) is 1. The molecule has 2 aliphatic heterocycles. The van der Waals surface area contributed by atoms with Crippen molar-refractivity contribution in [1.29, 1.82) is 0 Å². The highest BCUT2D eigenvalue weighted by atomic mass is 35.5. The number of aromatic nitrogens is 2. The van der Waals surface area contributed by atoms with Crippen molar-refractivity contribution >= 4 is 23.4 Å². The number of rotatable bonds is 5. The van der Waals surface area contributed by atoms with Gasteiger partial charge >= 0.3 is 0 Å². The third-order valence-corrected chi connectivity index (χ3v) is 6.64. The number of carbonyl (C=O) groups is 2. The van der Waals surface area contributed by atoms with Crippen LogP contribution in [0.25, 0.3) is 0 Å². The number of amides is 2. The molecular weight excluding hydrogens is 433 g/mol. The molecule has 2 saturated heterocycles. The van der Waals surface area contributed by atoms with Crippen LogP contribution in [0.15, 0.2) is 24.3 Å². The Balaban J connectivity index is 1.35. The lowest BCUT2D eigenvalue weighted by molar-refractivity contribution is -0.133. The third kappa shape index (κ3) is 5.13. The molecule has 0 atom stereocenters. The molecule has 2 fully saturated rings. The minimum absolute atomic E-state index is 0.139. The summed E-state index contributed by atoms with van der Waals surface area (Å²) in [5.41, 5.74) is 1.83. The summed E-state index contributed by atoms with van der Waals surface area (Å²) in [6, 6.07) is 6.13. The van der Waals surface area contributed by atoms with Crippen LogP contribution in [0.1, 0.15) is 40.9 Å². The van der Waals surface area contributed by atoms with Gasteiger partial charge < -0.3 is 9.80 Å². The predicted molar refractivity (Wildman–Crippen MR) is 120 cm³/mol. The molecule has 2 amide bonds. The maximum absolute atomic E-state index is 13.2. The summed E-state index contributed by atoms with van der Waals surface area (Å²) >= 11 is 6.53. The van der Waals surface area contributed by atoms with Gasteiger partial charge in [-0.3, -0.25) is 14.5 Å². The number of nitrogens with zero attached hydrogens (tertiary/aromatic N) is 5. The maximum Gasteiger partial charge on any atom is 0.258 e. The van der Waals surface area contributed by atoms with Crippen LogP contribution >= 0.6 is 11.6 Å². The number of benzene rings is 1. The predicted octanol–water partition coefficient (Wildman–Crippen LogP) is 2.80. The van der Waals surface area contributed by atoms with E-state index in [-0.39, 0.29) is 17.6 Å². The van der Waals surface area contributed by atoms with Crippen LogP contribution < -0.4 is 0 Å². The van der Waals surface area contributed by atoms with Crippen molar-refractivity contribution < 1.29 is 14.0 Å². The quantitative estimate of drug-likeness (QED) is 0.687. The zero-order chi connectivity index (χ0) is 22.7. The largest absolute Gasteiger partial charge is 0.342 e. The fourth-order valence-electron chi connectivity index (χ4n) is 4.37. The van der Waals surface area contributed by atoms with E-state index in [0.29, 0.717) is 55.7 Å². The van der Waals surface area contributed by atoms with Crippen LogP contribution in [0, 0.1) is 12.7 Å². The summed E-state index contributed by atoms with van der Waals surface area (Å²) in [6.45, 7) is 6.67. The maximum atomic E-state index is 13.2. The zero-order valence-corrected chi connectivity index (χ0v) is 19.2. The number of halogens is 2. The SMILES string of the molecule is Cc1nn(Cc2ccc(F)cc2)c(Cl)c1C(=O)N1CCN(CC(=O)N2CCCCC2)CC1. The van der Waals surface area contributed by atoms with E-state index < -0.39 is 0 Å². The summed E-state index contributed by atoms with van der Waals surface area (Å²) < 4.78 is 14.7. The van der Waals surface area contributed by atoms with E-state index in [2.05, 4.69) is 10.00 Å². The Labute approximate surface area is 192 Å². The molecule has 2 aromatic rings. The number of piperidine rings is 1. The Hall–Kier alpha value is -2.45. The summed E-state index contributed by atoms with van der Waals surface area (Å²) in [4.78, 5) is 31.5. The van der Waals surface area contributed by atoms with Crippen LogP contribution in [0.2, 0.25) is 5.15 Å². The molecule has 7 nitrogen and oxygen atoms in total. The lowest BCUT2D eigenvalue weighted by Crippen LogP contribution is -2.52. The van der Waals surface area contributed by atoms with Gasteiger partial charge in [0.05, 0.1) is 24.3 Å². The van der Waals surface area contributed by atoms with Gasteiger partial charge in [-0.25, -0.2) is 9.07 Å². The Morgan fingerprint density at radius 3 is 2.28 bits per heavy atom. The van der Waals surface area contributed by atoms with Gasteiger partial charge in [-0.2, -0.15) is 5.10 Å². The van der Waals surface area contributed by atoms with E-state index in [1.54, 1.807) is 28.6 Å². The first-order valence-electron chi connectivity index (χ1n) is 11.2. The summed E-state index contributed by atoms with van der Waals surface area (Å²) in [6.07, 6.45) is 3.37. The van der Waals surface area contributed by atoms with Crippen molar-refractivity contribution in [2.75, 3.05) is 45.8 Å². The van der Waals surface area contributed by atoms with Crippen LogP contribution in [-0.4, -0.2) is 82.1 Å². The third-order valence-electron chi connectivity index (χ3n) is 6.25. The van der Waals surface area contributed by atoms with Crippen molar-refractivity contribution in [3.63, 3.8) is 0 Å². The molecular formula is C23H29ClFN5O2. The lowest BCUT2D eigenvalue weighted by atomic mass is 10.1. The van der Waals surface area contributed by atoms with E-state index in [1.807, 2.05) is 4.90 Å². The number of piperazine rings is 1. The fraction of sp³-hybridized carbons (Fsp3) is 0.522. The van der Waals surface area contributed by atoms with E-state index in [9.17, 15) is 14.0 Å². The molecule has 4 rings (SSSR count). The molecule has 32 heavy (non-hydrogen) atoms. The molecule has 1 aromatic carbocycles. The Morgan fingerprint density at radius 2 is 1.62 bits per heavy atom. The van der Waals surface area contributed by atoms with Gasteiger partial charge in [0.2, 0.25) is 5.91 Å². The monoisotopic (exact) mass is 461 g/mol. The van der Waals surface area contributed by atoms with Crippen molar-refractivity contribution in [2.24, 2.45) is 0 Å². The Morgan fingerprint density at radius 1 is 0.969 bits per heavy atom. The van der Waals surface area contributed by atoms with E-state index >= 15 is 0 Å². The molecule has 0 bridgehead atoms. The number of aryl methyl sites for hydroxylation is 1. The fourth-order valence-corrected chi connectivity index (χ4v) is 4.68. The number of hydrogen-bond donors (Lipinski definition) is 0. The summed E-state index contributed by atoms with van der Waals surface area (Å²) in [5.74, 6) is -0.255. The molecule has 3 heterocycles. The smallest absolute Gasteiger partial charge is 0.258 e. The molecule has 0 unspecified atom stereocenters. The minimum atomic E-state index is -0.302. The molecule has 172 valence electrons. The second-order valence-electron chi connectivity index (χ2n) is 8.55. The second kappa shape index (κ2) is 10.0. The first kappa shape index (κ1) is 22.7. The van der Waals surface area contributed by atoms with Gasteiger partial charge in [0.15, 0.2) is 0 Å². The first-order chi connectivity index (χ1) is 15.4. The minimum Gasteiger partial charge on any atom is -0.342 e. The van der Waals surface area contributed by atoms with Crippen LogP contribution in [0.4, 0.5) is 4.39 Å². The van der Waals surface area contributed by atoms with Gasteiger partial charge in [-0.15, -0.1) is 0 Å². The lowest BCUT2D eigenvalue weighted by Gasteiger charge is -2.36. The van der Waals surface area contributed by atoms with Gasteiger partial charge in [0, 0.05) is 39.3 Å². The topological polar surface area (TPSA) is 61.7 Å². The highest BCUT2D eigenvalue weighted by Gasteiger charge is 2.29. The summed E-state index contributed by atoms with van der Waals surface area (Å²) in [5, 5.41) is 4.72. The average Bonchev–Trinajstić information content (AvgIpc) is 3.08. The van der Waals surface area contributed by atoms with E-state index in [1.165, 1.54) is 18.6 Å². The summed E-state index contributed by atoms with van der Waals surface area (Å²) in [7, 11) is 0. The molecule has 0 aliphatic carbocycles. The molecule has 0 radical (unpaired) electrons. The van der Waals surface area contributed by atoms with E-state index in [0.717, 1.165) is 31.5 Å². The number of hydrogen-bond acceptors (Lipinski definition) is 4. The highest BCUT2D eigenvalue weighted by Crippen LogP contribution is 2.23. The highest BCUT2D eigenvalue weighted by molar-refractivity contribution is 6.33. The number of carbonyl (C=O) groups excluding carboxylic acids is 2. The van der Waals surface area contributed by atoms with Gasteiger partial charge in [-0.1, -0.05) is 23.7 Å². The van der Waals surface area contributed by atoms with Crippen molar-refractivity contribution in [1.82, 2.24) is 24.5 Å². The molecule has 2 aliphatic rings. The first-order valence-corrected chi connectivity index (χ1v) is 11.6. The van der Waals surface area contributed by atoms with Crippen LogP contribution in [0.3, 0.4) is 0 Å². The van der Waals surface area contributed by atoms with Crippen molar-refractivity contribution in [2.45, 2.75) is 32.7 Å². The standard InChI is InChI=1S/C23H29ClFN5O2/c1-17-21(22(24)30(26-17)15-18-5-7-19(25)8-6-18)23(32)29-13-11-27(12-14-29)16-20(31)28-9-3-2-4-10-28/h5-8H,2-4,9-16H2,1H3. The molecule has 0 saturated carbocycles. The van der Waals surface area contributed by atoms with Crippen molar-refractivity contribution in [3.05, 3.63) is 52.1 Å². The zero-order valence-electron chi connectivity index (χ0n) is 18.4. The van der Waals surface area contributed by atoms with Crippen molar-refractivity contribution in [3.8, 4) is 0 Å². The second-order valence-corrected chi connectivity index (χ2v) is 8.90. The van der Waals surface area contributed by atoms with Crippen LogP contribution in [0.5, 0.6) is 0 Å². The normalized spacial score (nSPS) is 17.6. The average molecular weight is 462 g/mol. The van der Waals surface area contributed by atoms with Crippen LogP contribution in [-0.2, 0) is 11.3 Å². The Bertz CT molecular complexity index is 964. The van der Waals surface area contributed by atoms with Gasteiger partial charge in [0.1, 0.15) is 11.0 Å². The Kier molecular flexibility index (Phi) is 7.10. The molecule has 0 spiro atoms. The van der Waals surface area contributed by atoms with Gasteiger partial charge in [0.25, 0.3) is 5.91 Å². The molecule has 9 heteroatoms. The van der Waals surface area contributed by atoms with E-state index in [4.69, 9.17) is 11.6 Å². The molecule has 1 aromatic heterocycles. The molecule has 0 N–H and O–H groups in total.